The number of rotatable bonds is 6. The molecule has 1 aromatic carbocycles. The van der Waals surface area contributed by atoms with Crippen LogP contribution in [0, 0.1) is 11.8 Å². The quantitative estimate of drug-likeness (QED) is 0.781. The highest BCUT2D eigenvalue weighted by Crippen LogP contribution is 2.30. The van der Waals surface area contributed by atoms with E-state index in [-0.39, 0.29) is 0 Å². The molecule has 1 fully saturated rings. The fourth-order valence-electron chi connectivity index (χ4n) is 3.04. The molecule has 0 aromatic heterocycles. The maximum atomic E-state index is 5.79. The molecular formula is C17H26N2OS. The number of hydrogen-bond acceptors (Lipinski definition) is 3. The molecule has 0 unspecified atom stereocenters. The van der Waals surface area contributed by atoms with Crippen molar-refractivity contribution in [3.63, 3.8) is 0 Å². The van der Waals surface area contributed by atoms with E-state index in [2.05, 4.69) is 12.2 Å². The lowest BCUT2D eigenvalue weighted by atomic mass is 9.81. The first-order valence-electron chi connectivity index (χ1n) is 7.82. The van der Waals surface area contributed by atoms with Gasteiger partial charge in [-0.1, -0.05) is 44.8 Å². The zero-order valence-corrected chi connectivity index (χ0v) is 13.8. The van der Waals surface area contributed by atoms with Crippen LogP contribution in [0.4, 0.5) is 5.69 Å². The van der Waals surface area contributed by atoms with Crippen molar-refractivity contribution in [2.45, 2.75) is 39.0 Å². The van der Waals surface area contributed by atoms with Crippen molar-refractivity contribution in [2.75, 3.05) is 19.0 Å². The molecule has 1 saturated carbocycles. The molecule has 1 aromatic rings. The van der Waals surface area contributed by atoms with Crippen LogP contribution in [0.15, 0.2) is 18.2 Å². The van der Waals surface area contributed by atoms with E-state index in [1.54, 1.807) is 7.11 Å². The fourth-order valence-corrected chi connectivity index (χ4v) is 3.22. The van der Waals surface area contributed by atoms with Crippen molar-refractivity contribution in [3.05, 3.63) is 23.8 Å². The van der Waals surface area contributed by atoms with Gasteiger partial charge in [0.1, 0.15) is 10.7 Å². The highest BCUT2D eigenvalue weighted by Gasteiger charge is 2.17. The van der Waals surface area contributed by atoms with E-state index < -0.39 is 0 Å². The van der Waals surface area contributed by atoms with Crippen molar-refractivity contribution in [1.29, 1.82) is 0 Å². The number of thiocarbonyl (C=S) groups is 1. The Morgan fingerprint density at radius 1 is 1.33 bits per heavy atom. The summed E-state index contributed by atoms with van der Waals surface area (Å²) >= 11 is 5.11. The van der Waals surface area contributed by atoms with Crippen LogP contribution >= 0.6 is 12.2 Å². The van der Waals surface area contributed by atoms with E-state index in [0.717, 1.165) is 35.4 Å². The third-order valence-corrected chi connectivity index (χ3v) is 4.72. The van der Waals surface area contributed by atoms with Crippen molar-refractivity contribution < 1.29 is 4.74 Å². The average Bonchev–Trinajstić information content (AvgIpc) is 2.49. The second-order valence-electron chi connectivity index (χ2n) is 6.12. The average molecular weight is 306 g/mol. The maximum absolute atomic E-state index is 5.79. The molecule has 0 bridgehead atoms. The molecule has 0 saturated heterocycles. The fraction of sp³-hybridized carbons (Fsp3) is 0.588. The number of nitrogens with one attached hydrogen (secondary N) is 1. The lowest BCUT2D eigenvalue weighted by molar-refractivity contribution is 0.282. The van der Waals surface area contributed by atoms with Gasteiger partial charge >= 0.3 is 0 Å². The molecule has 2 rings (SSSR count). The smallest absolute Gasteiger partial charge is 0.120 e. The molecule has 1 aliphatic rings. The zero-order chi connectivity index (χ0) is 15.2. The summed E-state index contributed by atoms with van der Waals surface area (Å²) in [6, 6.07) is 5.78. The van der Waals surface area contributed by atoms with Crippen LogP contribution in [-0.4, -0.2) is 18.6 Å². The lowest BCUT2D eigenvalue weighted by Crippen LogP contribution is -2.17. The molecular weight excluding hydrogens is 280 g/mol. The first kappa shape index (κ1) is 16.1. The summed E-state index contributed by atoms with van der Waals surface area (Å²) in [7, 11) is 1.67. The molecule has 0 radical (unpaired) electrons. The van der Waals surface area contributed by atoms with E-state index in [1.807, 2.05) is 18.2 Å². The minimum absolute atomic E-state index is 0.423. The van der Waals surface area contributed by atoms with Crippen molar-refractivity contribution >= 4 is 22.9 Å². The Bertz CT molecular complexity index is 482. The molecule has 1 aliphatic carbocycles. The SMILES string of the molecule is COc1ccc(C(N)=S)c(NCCC2CCC(C)CC2)c1. The molecule has 3 N–H and O–H groups in total. The largest absolute Gasteiger partial charge is 0.497 e. The monoisotopic (exact) mass is 306 g/mol. The second-order valence-corrected chi connectivity index (χ2v) is 6.56. The van der Waals surface area contributed by atoms with Gasteiger partial charge in [-0.2, -0.15) is 0 Å². The molecule has 116 valence electrons. The predicted octanol–water partition coefficient (Wildman–Crippen LogP) is 3.96. The van der Waals surface area contributed by atoms with Crippen LogP contribution in [0.5, 0.6) is 5.75 Å². The van der Waals surface area contributed by atoms with Crippen molar-refractivity contribution in [3.8, 4) is 5.75 Å². The molecule has 0 amide bonds. The van der Waals surface area contributed by atoms with Gasteiger partial charge in [-0.05, 0) is 30.4 Å². The van der Waals surface area contributed by atoms with Gasteiger partial charge in [0.2, 0.25) is 0 Å². The molecule has 21 heavy (non-hydrogen) atoms. The minimum Gasteiger partial charge on any atom is -0.497 e. The van der Waals surface area contributed by atoms with Crippen LogP contribution in [0.25, 0.3) is 0 Å². The van der Waals surface area contributed by atoms with Gasteiger partial charge in [0, 0.05) is 23.9 Å². The van der Waals surface area contributed by atoms with Gasteiger partial charge in [-0.25, -0.2) is 0 Å². The topological polar surface area (TPSA) is 47.3 Å². The van der Waals surface area contributed by atoms with Crippen LogP contribution in [0.1, 0.15) is 44.6 Å². The highest BCUT2D eigenvalue weighted by atomic mass is 32.1. The van der Waals surface area contributed by atoms with E-state index >= 15 is 0 Å². The summed E-state index contributed by atoms with van der Waals surface area (Å²) < 4.78 is 5.27. The van der Waals surface area contributed by atoms with Gasteiger partial charge in [-0.15, -0.1) is 0 Å². The standard InChI is InChI=1S/C17H26N2OS/c1-12-3-5-13(6-4-12)9-10-19-16-11-14(20-2)7-8-15(16)17(18)21/h7-8,11-13,19H,3-6,9-10H2,1-2H3,(H2,18,21). The van der Waals surface area contributed by atoms with Gasteiger partial charge < -0.3 is 15.8 Å². The normalized spacial score (nSPS) is 21.8. The Hall–Kier alpha value is -1.29. The summed E-state index contributed by atoms with van der Waals surface area (Å²) in [5.74, 6) is 2.59. The Morgan fingerprint density at radius 2 is 2.05 bits per heavy atom. The summed E-state index contributed by atoms with van der Waals surface area (Å²) in [6.07, 6.45) is 6.69. The number of hydrogen-bond donors (Lipinski definition) is 2. The lowest BCUT2D eigenvalue weighted by Gasteiger charge is -2.26. The Morgan fingerprint density at radius 3 is 2.67 bits per heavy atom. The number of ether oxygens (including phenoxy) is 1. The summed E-state index contributed by atoms with van der Waals surface area (Å²) in [4.78, 5) is 0.423. The number of methoxy groups -OCH3 is 1. The summed E-state index contributed by atoms with van der Waals surface area (Å²) in [6.45, 7) is 3.32. The summed E-state index contributed by atoms with van der Waals surface area (Å²) in [5, 5.41) is 3.48. The third kappa shape index (κ3) is 4.60. The van der Waals surface area contributed by atoms with Gasteiger partial charge in [-0.3, -0.25) is 0 Å². The van der Waals surface area contributed by atoms with Crippen LogP contribution in [0.2, 0.25) is 0 Å². The molecule has 4 heteroatoms. The van der Waals surface area contributed by atoms with Gasteiger partial charge in [0.05, 0.1) is 7.11 Å². The summed E-state index contributed by atoms with van der Waals surface area (Å²) in [5.41, 5.74) is 7.66. The van der Waals surface area contributed by atoms with Gasteiger partial charge in [0.25, 0.3) is 0 Å². The predicted molar refractivity (Wildman–Crippen MR) is 93.1 cm³/mol. The van der Waals surface area contributed by atoms with Crippen LogP contribution in [0.3, 0.4) is 0 Å². The number of nitrogens with two attached hydrogens (primary N) is 1. The molecule has 0 aliphatic heterocycles. The molecule has 0 heterocycles. The number of anilines is 1. The highest BCUT2D eigenvalue weighted by molar-refractivity contribution is 7.80. The Balaban J connectivity index is 1.91. The Labute approximate surface area is 133 Å². The first-order chi connectivity index (χ1) is 10.1. The Kier molecular flexibility index (Phi) is 5.85. The zero-order valence-electron chi connectivity index (χ0n) is 13.0. The van der Waals surface area contributed by atoms with Crippen molar-refractivity contribution in [2.24, 2.45) is 17.6 Å². The minimum atomic E-state index is 0.423. The maximum Gasteiger partial charge on any atom is 0.120 e. The van der Waals surface area contributed by atoms with E-state index in [1.165, 1.54) is 32.1 Å². The second kappa shape index (κ2) is 7.64. The van der Waals surface area contributed by atoms with E-state index in [9.17, 15) is 0 Å². The van der Waals surface area contributed by atoms with E-state index in [4.69, 9.17) is 22.7 Å². The number of benzene rings is 1. The molecule has 3 nitrogen and oxygen atoms in total. The third-order valence-electron chi connectivity index (χ3n) is 4.50. The van der Waals surface area contributed by atoms with Crippen LogP contribution in [-0.2, 0) is 0 Å². The van der Waals surface area contributed by atoms with Gasteiger partial charge in [0.15, 0.2) is 0 Å². The van der Waals surface area contributed by atoms with E-state index in [0.29, 0.717) is 4.99 Å². The molecule has 0 spiro atoms. The molecule has 0 atom stereocenters. The van der Waals surface area contributed by atoms with Crippen LogP contribution < -0.4 is 15.8 Å². The van der Waals surface area contributed by atoms with Crippen molar-refractivity contribution in [1.82, 2.24) is 0 Å². The first-order valence-corrected chi connectivity index (χ1v) is 8.22.